The van der Waals surface area contributed by atoms with Gasteiger partial charge in [0, 0.05) is 25.7 Å². The Labute approximate surface area is 111 Å². The van der Waals surface area contributed by atoms with Gasteiger partial charge in [-0.2, -0.15) is 0 Å². The minimum Gasteiger partial charge on any atom is -0.341 e. The summed E-state index contributed by atoms with van der Waals surface area (Å²) in [4.78, 5) is 17.0. The Morgan fingerprint density at radius 3 is 2.72 bits per heavy atom. The maximum atomic E-state index is 12.4. The Hall–Kier alpha value is -0.610. The molecule has 0 aromatic rings. The molecule has 2 rings (SSSR count). The molecule has 4 heteroatoms. The summed E-state index contributed by atoms with van der Waals surface area (Å²) >= 11 is 0. The second-order valence-electron chi connectivity index (χ2n) is 5.49. The third-order valence-corrected chi connectivity index (χ3v) is 4.45. The van der Waals surface area contributed by atoms with Crippen LogP contribution < -0.4 is 5.32 Å². The minimum atomic E-state index is 0.231. The van der Waals surface area contributed by atoms with E-state index < -0.39 is 0 Å². The molecular formula is C14H27N3O. The van der Waals surface area contributed by atoms with Crippen molar-refractivity contribution in [3.05, 3.63) is 0 Å². The van der Waals surface area contributed by atoms with E-state index in [-0.39, 0.29) is 5.92 Å². The average Bonchev–Trinajstić information content (AvgIpc) is 2.90. The van der Waals surface area contributed by atoms with E-state index in [9.17, 15) is 4.79 Å². The summed E-state index contributed by atoms with van der Waals surface area (Å²) in [5, 5.41) is 3.34. The predicted octanol–water partition coefficient (Wildman–Crippen LogP) is 0.929. The zero-order chi connectivity index (χ0) is 13.0. The quantitative estimate of drug-likeness (QED) is 0.809. The van der Waals surface area contributed by atoms with Gasteiger partial charge in [0.05, 0.1) is 5.92 Å². The molecule has 104 valence electrons. The van der Waals surface area contributed by atoms with Gasteiger partial charge in [-0.15, -0.1) is 0 Å². The van der Waals surface area contributed by atoms with Crippen LogP contribution in [-0.2, 0) is 4.79 Å². The first-order chi connectivity index (χ1) is 8.76. The molecule has 2 aliphatic rings. The monoisotopic (exact) mass is 253 g/mol. The number of likely N-dealkylation sites (N-methyl/N-ethyl adjacent to an activating group) is 1. The number of piperidine rings is 1. The van der Waals surface area contributed by atoms with Gasteiger partial charge in [0.25, 0.3) is 0 Å². The van der Waals surface area contributed by atoms with Gasteiger partial charge in [0.2, 0.25) is 5.91 Å². The molecule has 0 spiro atoms. The van der Waals surface area contributed by atoms with Crippen LogP contribution in [0.25, 0.3) is 0 Å². The Bertz CT molecular complexity index is 272. The molecule has 1 N–H and O–H groups in total. The summed E-state index contributed by atoms with van der Waals surface area (Å²) in [6.07, 6.45) is 3.36. The van der Waals surface area contributed by atoms with E-state index in [0.29, 0.717) is 11.9 Å². The standard InChI is InChI=1S/C14H27N3O/c1-3-16(4-2)13-7-9-17(11-13)14(18)12-6-5-8-15-10-12/h12-13,15H,3-11H2,1-2H3. The summed E-state index contributed by atoms with van der Waals surface area (Å²) in [5.41, 5.74) is 0. The highest BCUT2D eigenvalue weighted by molar-refractivity contribution is 5.79. The lowest BCUT2D eigenvalue weighted by Crippen LogP contribution is -2.44. The molecule has 18 heavy (non-hydrogen) atoms. The van der Waals surface area contributed by atoms with Gasteiger partial charge in [-0.3, -0.25) is 9.69 Å². The SMILES string of the molecule is CCN(CC)C1CCN(C(=O)C2CCCNC2)C1. The number of carbonyl (C=O) groups is 1. The molecule has 2 heterocycles. The smallest absolute Gasteiger partial charge is 0.227 e. The van der Waals surface area contributed by atoms with Crippen molar-refractivity contribution in [2.24, 2.45) is 5.92 Å². The van der Waals surface area contributed by atoms with Crippen LogP contribution in [0.4, 0.5) is 0 Å². The summed E-state index contributed by atoms with van der Waals surface area (Å²) in [7, 11) is 0. The Morgan fingerprint density at radius 1 is 1.33 bits per heavy atom. The fourth-order valence-electron chi connectivity index (χ4n) is 3.30. The molecule has 2 atom stereocenters. The molecule has 2 fully saturated rings. The molecule has 0 aromatic carbocycles. The fourth-order valence-corrected chi connectivity index (χ4v) is 3.30. The Balaban J connectivity index is 1.85. The number of nitrogens with one attached hydrogen (secondary N) is 1. The molecule has 2 unspecified atom stereocenters. The summed E-state index contributed by atoms with van der Waals surface area (Å²) in [6.45, 7) is 10.4. The van der Waals surface area contributed by atoms with E-state index in [2.05, 4.69) is 29.0 Å². The largest absolute Gasteiger partial charge is 0.341 e. The second-order valence-corrected chi connectivity index (χ2v) is 5.49. The predicted molar refractivity (Wildman–Crippen MR) is 73.5 cm³/mol. The maximum Gasteiger partial charge on any atom is 0.227 e. The van der Waals surface area contributed by atoms with Crippen LogP contribution in [0.1, 0.15) is 33.1 Å². The number of hydrogen-bond donors (Lipinski definition) is 1. The zero-order valence-corrected chi connectivity index (χ0v) is 11.8. The highest BCUT2D eigenvalue weighted by Gasteiger charge is 2.32. The van der Waals surface area contributed by atoms with Gasteiger partial charge in [0.1, 0.15) is 0 Å². The van der Waals surface area contributed by atoms with Gasteiger partial charge >= 0.3 is 0 Å². The van der Waals surface area contributed by atoms with E-state index in [1.54, 1.807) is 0 Å². The first-order valence-electron chi connectivity index (χ1n) is 7.49. The highest BCUT2D eigenvalue weighted by Crippen LogP contribution is 2.20. The molecule has 0 aliphatic carbocycles. The summed E-state index contributed by atoms with van der Waals surface area (Å²) in [5.74, 6) is 0.617. The van der Waals surface area contributed by atoms with Crippen molar-refractivity contribution >= 4 is 5.91 Å². The second kappa shape index (κ2) is 6.53. The van der Waals surface area contributed by atoms with Crippen molar-refractivity contribution in [2.75, 3.05) is 39.3 Å². The molecular weight excluding hydrogens is 226 g/mol. The number of hydrogen-bond acceptors (Lipinski definition) is 3. The van der Waals surface area contributed by atoms with E-state index in [0.717, 1.165) is 58.5 Å². The van der Waals surface area contributed by atoms with Crippen LogP contribution in [-0.4, -0.2) is 61.0 Å². The van der Waals surface area contributed by atoms with Crippen molar-refractivity contribution < 1.29 is 4.79 Å². The fraction of sp³-hybridized carbons (Fsp3) is 0.929. The van der Waals surface area contributed by atoms with Crippen LogP contribution >= 0.6 is 0 Å². The first kappa shape index (κ1) is 13.8. The molecule has 0 saturated carbocycles. The zero-order valence-electron chi connectivity index (χ0n) is 11.8. The summed E-state index contributed by atoms with van der Waals surface area (Å²) < 4.78 is 0. The van der Waals surface area contributed by atoms with Gasteiger partial charge < -0.3 is 10.2 Å². The van der Waals surface area contributed by atoms with E-state index >= 15 is 0 Å². The van der Waals surface area contributed by atoms with Crippen molar-refractivity contribution in [2.45, 2.75) is 39.2 Å². The number of rotatable bonds is 4. The Kier molecular flexibility index (Phi) is 5.01. The van der Waals surface area contributed by atoms with Crippen LogP contribution in [0.15, 0.2) is 0 Å². The number of carbonyl (C=O) groups excluding carboxylic acids is 1. The third-order valence-electron chi connectivity index (χ3n) is 4.45. The highest BCUT2D eigenvalue weighted by atomic mass is 16.2. The number of nitrogens with zero attached hydrogens (tertiary/aromatic N) is 2. The molecule has 4 nitrogen and oxygen atoms in total. The lowest BCUT2D eigenvalue weighted by molar-refractivity contribution is -0.135. The van der Waals surface area contributed by atoms with Crippen molar-refractivity contribution in [1.82, 2.24) is 15.1 Å². The van der Waals surface area contributed by atoms with Crippen molar-refractivity contribution in [3.63, 3.8) is 0 Å². The lowest BCUT2D eigenvalue weighted by atomic mass is 9.98. The van der Waals surface area contributed by atoms with Crippen LogP contribution in [0.5, 0.6) is 0 Å². The first-order valence-corrected chi connectivity index (χ1v) is 7.49. The van der Waals surface area contributed by atoms with Crippen molar-refractivity contribution in [3.8, 4) is 0 Å². The molecule has 0 aromatic heterocycles. The van der Waals surface area contributed by atoms with Gasteiger partial charge in [-0.05, 0) is 38.9 Å². The topological polar surface area (TPSA) is 35.6 Å². The van der Waals surface area contributed by atoms with E-state index in [1.807, 2.05) is 0 Å². The van der Waals surface area contributed by atoms with Crippen LogP contribution in [0.2, 0.25) is 0 Å². The van der Waals surface area contributed by atoms with Crippen LogP contribution in [0, 0.1) is 5.92 Å². The Morgan fingerprint density at radius 2 is 2.11 bits per heavy atom. The molecule has 1 amide bonds. The molecule has 0 bridgehead atoms. The normalized spacial score (nSPS) is 28.9. The van der Waals surface area contributed by atoms with Gasteiger partial charge in [-0.25, -0.2) is 0 Å². The van der Waals surface area contributed by atoms with Crippen molar-refractivity contribution in [1.29, 1.82) is 0 Å². The number of likely N-dealkylation sites (tertiary alicyclic amines) is 1. The maximum absolute atomic E-state index is 12.4. The van der Waals surface area contributed by atoms with E-state index in [4.69, 9.17) is 0 Å². The van der Waals surface area contributed by atoms with E-state index in [1.165, 1.54) is 0 Å². The summed E-state index contributed by atoms with van der Waals surface area (Å²) in [6, 6.07) is 0.584. The molecule has 0 radical (unpaired) electrons. The van der Waals surface area contributed by atoms with Gasteiger partial charge in [0.15, 0.2) is 0 Å². The average molecular weight is 253 g/mol. The lowest BCUT2D eigenvalue weighted by Gasteiger charge is -2.29. The minimum absolute atomic E-state index is 0.231. The third kappa shape index (κ3) is 3.04. The number of amides is 1. The molecule has 2 aliphatic heterocycles. The van der Waals surface area contributed by atoms with Crippen LogP contribution in [0.3, 0.4) is 0 Å². The molecule has 2 saturated heterocycles. The van der Waals surface area contributed by atoms with Gasteiger partial charge in [-0.1, -0.05) is 13.8 Å².